The van der Waals surface area contributed by atoms with Crippen LogP contribution < -0.4 is 0 Å². The van der Waals surface area contributed by atoms with Gasteiger partial charge in [0, 0.05) is 13.1 Å². The fourth-order valence-corrected chi connectivity index (χ4v) is 0.756. The van der Waals surface area contributed by atoms with Gasteiger partial charge in [-0.15, -0.1) is 0 Å². The molecule has 0 spiro atoms. The third kappa shape index (κ3) is 1.13. The largest absolute Gasteiger partial charge is 0.299 e. The molecule has 1 nitrogen and oxygen atoms in total. The lowest BCUT2D eigenvalue weighted by Crippen LogP contribution is -2.11. The molecule has 7 heavy (non-hydrogen) atoms. The van der Waals surface area contributed by atoms with E-state index in [1.165, 1.54) is 0 Å². The van der Waals surface area contributed by atoms with E-state index in [9.17, 15) is 4.39 Å². The fourth-order valence-electron chi connectivity index (χ4n) is 0.756. The molecule has 0 aromatic heterocycles. The summed E-state index contributed by atoms with van der Waals surface area (Å²) in [4.78, 5) is 1.88. The molecule has 41 valence electrons. The normalized spacial score (nSPS) is 34.3. The van der Waals surface area contributed by atoms with E-state index in [1.54, 1.807) is 0 Å². The van der Waals surface area contributed by atoms with Gasteiger partial charge in [0.25, 0.3) is 0 Å². The van der Waals surface area contributed by atoms with Crippen LogP contribution in [0, 0.1) is 6.54 Å². The molecule has 0 saturated carbocycles. The van der Waals surface area contributed by atoms with Crippen molar-refractivity contribution in [2.75, 3.05) is 13.6 Å². The highest BCUT2D eigenvalue weighted by Gasteiger charge is 2.17. The smallest absolute Gasteiger partial charge is 0.114 e. The van der Waals surface area contributed by atoms with Crippen molar-refractivity contribution >= 4 is 0 Å². The topological polar surface area (TPSA) is 3.24 Å². The van der Waals surface area contributed by atoms with E-state index in [0.29, 0.717) is 13.0 Å². The van der Waals surface area contributed by atoms with Crippen LogP contribution in [0.5, 0.6) is 0 Å². The Labute approximate surface area is 43.1 Å². The quantitative estimate of drug-likeness (QED) is 0.437. The first kappa shape index (κ1) is 5.04. The molecular formula is C5H9FN. The molecule has 1 rings (SSSR count). The van der Waals surface area contributed by atoms with Crippen molar-refractivity contribution in [2.45, 2.75) is 12.6 Å². The van der Waals surface area contributed by atoms with Crippen molar-refractivity contribution in [3.63, 3.8) is 0 Å². The Morgan fingerprint density at radius 3 is 2.71 bits per heavy atom. The van der Waals surface area contributed by atoms with Gasteiger partial charge in [-0.05, 0) is 13.5 Å². The lowest BCUT2D eigenvalue weighted by atomic mass is 10.4. The Morgan fingerprint density at radius 1 is 1.86 bits per heavy atom. The summed E-state index contributed by atoms with van der Waals surface area (Å²) >= 11 is 0. The number of likely N-dealkylation sites (tertiary alicyclic amines) is 1. The van der Waals surface area contributed by atoms with Gasteiger partial charge in [-0.25, -0.2) is 4.39 Å². The van der Waals surface area contributed by atoms with Gasteiger partial charge < -0.3 is 0 Å². The van der Waals surface area contributed by atoms with Crippen LogP contribution in [0.25, 0.3) is 0 Å². The highest BCUT2D eigenvalue weighted by Crippen LogP contribution is 2.12. The van der Waals surface area contributed by atoms with Crippen LogP contribution in [0.15, 0.2) is 0 Å². The highest BCUT2D eigenvalue weighted by molar-refractivity contribution is 4.80. The second kappa shape index (κ2) is 1.78. The zero-order chi connectivity index (χ0) is 5.28. The average molecular weight is 102 g/mol. The Hall–Kier alpha value is -0.110. The number of nitrogens with zero attached hydrogens (tertiary/aromatic N) is 1. The molecular weight excluding hydrogens is 93.1 g/mol. The summed E-state index contributed by atoms with van der Waals surface area (Å²) in [7, 11) is 1.89. The van der Waals surface area contributed by atoms with Crippen molar-refractivity contribution in [1.82, 2.24) is 4.90 Å². The number of alkyl halides is 1. The summed E-state index contributed by atoms with van der Waals surface area (Å²) in [5.41, 5.74) is 0. The monoisotopic (exact) mass is 102 g/mol. The minimum absolute atomic E-state index is 0.583. The Balaban J connectivity index is 2.26. The second-order valence-electron chi connectivity index (χ2n) is 1.96. The van der Waals surface area contributed by atoms with E-state index in [2.05, 4.69) is 0 Å². The van der Waals surface area contributed by atoms with Gasteiger partial charge >= 0.3 is 0 Å². The minimum Gasteiger partial charge on any atom is -0.299 e. The molecule has 1 fully saturated rings. The van der Waals surface area contributed by atoms with E-state index < -0.39 is 6.17 Å². The maximum absolute atomic E-state index is 12.1. The van der Waals surface area contributed by atoms with E-state index in [-0.39, 0.29) is 0 Å². The molecule has 2 heteroatoms. The molecule has 0 aromatic carbocycles. The maximum atomic E-state index is 12.1. The SMILES string of the molecule is CN1[CH]CC(F)C1. The van der Waals surface area contributed by atoms with Crippen LogP contribution in [-0.4, -0.2) is 24.7 Å². The summed E-state index contributed by atoms with van der Waals surface area (Å²) in [6, 6.07) is 0. The van der Waals surface area contributed by atoms with Crippen molar-refractivity contribution in [3.8, 4) is 0 Å². The molecule has 0 amide bonds. The lowest BCUT2D eigenvalue weighted by Gasteiger charge is -2.01. The van der Waals surface area contributed by atoms with Crippen molar-refractivity contribution in [1.29, 1.82) is 0 Å². The fraction of sp³-hybridized carbons (Fsp3) is 0.800. The molecule has 1 atom stereocenters. The molecule has 0 bridgehead atoms. The van der Waals surface area contributed by atoms with Crippen molar-refractivity contribution in [2.24, 2.45) is 0 Å². The van der Waals surface area contributed by atoms with Crippen LogP contribution >= 0.6 is 0 Å². The minimum atomic E-state index is -0.606. The summed E-state index contributed by atoms with van der Waals surface area (Å²) < 4.78 is 12.1. The van der Waals surface area contributed by atoms with E-state index in [0.717, 1.165) is 0 Å². The molecule has 1 heterocycles. The standard InChI is InChI=1S/C5H9FN/c1-7-3-2-5(6)4-7/h3,5H,2,4H2,1H3. The van der Waals surface area contributed by atoms with Gasteiger partial charge in [0.1, 0.15) is 6.17 Å². The number of hydrogen-bond donors (Lipinski definition) is 0. The first-order valence-corrected chi connectivity index (χ1v) is 2.46. The van der Waals surface area contributed by atoms with Gasteiger partial charge in [0.15, 0.2) is 0 Å². The Bertz CT molecular complexity index is 57.1. The predicted octanol–water partition coefficient (Wildman–Crippen LogP) is 0.822. The van der Waals surface area contributed by atoms with Gasteiger partial charge in [0.2, 0.25) is 0 Å². The van der Waals surface area contributed by atoms with Crippen LogP contribution in [0.2, 0.25) is 0 Å². The summed E-state index contributed by atoms with van der Waals surface area (Å²) in [6.45, 7) is 2.46. The molecule has 1 saturated heterocycles. The number of rotatable bonds is 0. The van der Waals surface area contributed by atoms with E-state index in [1.807, 2.05) is 18.5 Å². The molecule has 1 aliphatic rings. The number of hydrogen-bond acceptors (Lipinski definition) is 1. The molecule has 0 aromatic rings. The maximum Gasteiger partial charge on any atom is 0.114 e. The Kier molecular flexibility index (Phi) is 1.28. The Morgan fingerprint density at radius 2 is 2.57 bits per heavy atom. The summed E-state index contributed by atoms with van der Waals surface area (Å²) in [6.07, 6.45) is 0.00116. The third-order valence-electron chi connectivity index (χ3n) is 1.16. The molecule has 1 radical (unpaired) electrons. The predicted molar refractivity (Wildman–Crippen MR) is 26.4 cm³/mol. The zero-order valence-corrected chi connectivity index (χ0v) is 4.39. The van der Waals surface area contributed by atoms with Crippen LogP contribution in [0.1, 0.15) is 6.42 Å². The third-order valence-corrected chi connectivity index (χ3v) is 1.16. The van der Waals surface area contributed by atoms with Crippen molar-refractivity contribution < 1.29 is 4.39 Å². The van der Waals surface area contributed by atoms with Gasteiger partial charge in [-0.1, -0.05) is 0 Å². The van der Waals surface area contributed by atoms with E-state index in [4.69, 9.17) is 0 Å². The van der Waals surface area contributed by atoms with Crippen molar-refractivity contribution in [3.05, 3.63) is 6.54 Å². The molecule has 0 N–H and O–H groups in total. The second-order valence-corrected chi connectivity index (χ2v) is 1.96. The van der Waals surface area contributed by atoms with Gasteiger partial charge in [0.05, 0.1) is 0 Å². The van der Waals surface area contributed by atoms with E-state index >= 15 is 0 Å². The average Bonchev–Trinajstić information content (AvgIpc) is 1.87. The summed E-state index contributed by atoms with van der Waals surface area (Å²) in [5, 5.41) is 0. The summed E-state index contributed by atoms with van der Waals surface area (Å²) in [5.74, 6) is 0. The first-order valence-electron chi connectivity index (χ1n) is 2.46. The molecule has 1 unspecified atom stereocenters. The number of halogens is 1. The molecule has 1 aliphatic heterocycles. The van der Waals surface area contributed by atoms with Gasteiger partial charge in [-0.3, -0.25) is 4.90 Å². The molecule has 0 aliphatic carbocycles. The van der Waals surface area contributed by atoms with Crippen LogP contribution in [-0.2, 0) is 0 Å². The van der Waals surface area contributed by atoms with Crippen LogP contribution in [0.4, 0.5) is 4.39 Å². The first-order chi connectivity index (χ1) is 3.29. The highest BCUT2D eigenvalue weighted by atomic mass is 19.1. The van der Waals surface area contributed by atoms with Crippen LogP contribution in [0.3, 0.4) is 0 Å². The zero-order valence-electron chi connectivity index (χ0n) is 4.39. The lowest BCUT2D eigenvalue weighted by molar-refractivity contribution is 0.324. The van der Waals surface area contributed by atoms with Gasteiger partial charge in [-0.2, -0.15) is 0 Å².